The van der Waals surface area contributed by atoms with Gasteiger partial charge in [0.1, 0.15) is 5.82 Å². The van der Waals surface area contributed by atoms with Crippen LogP contribution in [0.5, 0.6) is 0 Å². The van der Waals surface area contributed by atoms with Crippen molar-refractivity contribution in [3.05, 3.63) is 65.6 Å². The fourth-order valence-corrected chi connectivity index (χ4v) is 3.99. The summed E-state index contributed by atoms with van der Waals surface area (Å²) in [5, 5.41) is 2.83. The normalized spacial score (nSPS) is 15.3. The Morgan fingerprint density at radius 3 is 2.55 bits per heavy atom. The van der Waals surface area contributed by atoms with Crippen molar-refractivity contribution in [2.75, 3.05) is 18.4 Å². The first-order valence-electron chi connectivity index (χ1n) is 11.2. The van der Waals surface area contributed by atoms with Gasteiger partial charge in [0.05, 0.1) is 22.9 Å². The third-order valence-corrected chi connectivity index (χ3v) is 6.25. The lowest BCUT2D eigenvalue weighted by Crippen LogP contribution is -2.40. The summed E-state index contributed by atoms with van der Waals surface area (Å²) < 4.78 is 15.4. The summed E-state index contributed by atoms with van der Waals surface area (Å²) in [6, 6.07) is 13.9. The Hall–Kier alpha value is -3.19. The Bertz CT molecular complexity index is 1190. The molecule has 1 heterocycles. The second kappa shape index (κ2) is 8.98. The number of halogens is 2. The van der Waals surface area contributed by atoms with Crippen LogP contribution in [-0.4, -0.2) is 39.4 Å². The topological polar surface area (TPSA) is 67.2 Å². The summed E-state index contributed by atoms with van der Waals surface area (Å²) in [7, 11) is 0. The molecule has 2 aromatic carbocycles. The third-order valence-electron chi connectivity index (χ3n) is 5.96. The minimum absolute atomic E-state index is 0.0104. The molecular weight excluding hydrogens is 443 g/mol. The number of aromatic nitrogens is 2. The number of anilines is 1. The molecule has 0 spiro atoms. The van der Waals surface area contributed by atoms with E-state index in [1.54, 1.807) is 21.7 Å². The van der Waals surface area contributed by atoms with Crippen LogP contribution in [0.3, 0.4) is 0 Å². The molecule has 0 unspecified atom stereocenters. The molecule has 33 heavy (non-hydrogen) atoms. The molecule has 2 aliphatic carbocycles. The molecule has 2 amide bonds. The maximum absolute atomic E-state index is 13.7. The van der Waals surface area contributed by atoms with Crippen LogP contribution in [-0.2, 0) is 9.59 Å². The van der Waals surface area contributed by atoms with Gasteiger partial charge in [-0.2, -0.15) is 0 Å². The Balaban J connectivity index is 1.41. The van der Waals surface area contributed by atoms with Crippen LogP contribution in [0.2, 0.25) is 5.02 Å². The predicted octanol–water partition coefficient (Wildman–Crippen LogP) is 4.92. The number of hydrogen-bond donors (Lipinski definition) is 1. The second-order valence-corrected chi connectivity index (χ2v) is 9.18. The van der Waals surface area contributed by atoms with Crippen molar-refractivity contribution >= 4 is 29.4 Å². The number of nitrogens with one attached hydrogen (secondary N) is 1. The summed E-state index contributed by atoms with van der Waals surface area (Å²) in [6.45, 7) is 0.615. The molecule has 0 atom stereocenters. The minimum Gasteiger partial charge on any atom is -0.333 e. The highest BCUT2D eigenvalue weighted by Crippen LogP contribution is 2.34. The first-order chi connectivity index (χ1) is 16.0. The summed E-state index contributed by atoms with van der Waals surface area (Å²) in [5.41, 5.74) is 2.09. The molecule has 0 saturated heterocycles. The monoisotopic (exact) mass is 466 g/mol. The standard InChI is InChI=1S/C25H24ClFN4O2/c26-20-12-19(10-11-21(20)27)31-14-22(17-4-2-1-3-5-17)28-25(31)29-23(32)15-30(13-16-6-7-16)24(33)18-8-9-18/h1-5,10-12,14,16,18H,6-9,13,15H2,(H,28,29,32). The Morgan fingerprint density at radius 1 is 1.12 bits per heavy atom. The maximum Gasteiger partial charge on any atom is 0.246 e. The number of rotatable bonds is 8. The first kappa shape index (κ1) is 21.6. The lowest BCUT2D eigenvalue weighted by molar-refractivity contribution is -0.136. The molecule has 1 N–H and O–H groups in total. The number of imidazole rings is 1. The zero-order chi connectivity index (χ0) is 22.9. The van der Waals surface area contributed by atoms with Crippen LogP contribution in [0.25, 0.3) is 16.9 Å². The van der Waals surface area contributed by atoms with E-state index < -0.39 is 5.82 Å². The number of amides is 2. The van der Waals surface area contributed by atoms with E-state index in [9.17, 15) is 14.0 Å². The molecule has 2 fully saturated rings. The van der Waals surface area contributed by atoms with Crippen LogP contribution in [0.1, 0.15) is 25.7 Å². The molecule has 1 aromatic heterocycles. The molecule has 0 radical (unpaired) electrons. The maximum atomic E-state index is 13.7. The van der Waals surface area contributed by atoms with E-state index in [4.69, 9.17) is 11.6 Å². The summed E-state index contributed by atoms with van der Waals surface area (Å²) in [5.74, 6) is 0.0635. The smallest absolute Gasteiger partial charge is 0.246 e. The van der Waals surface area contributed by atoms with Crippen molar-refractivity contribution in [1.29, 1.82) is 0 Å². The molecule has 170 valence electrons. The van der Waals surface area contributed by atoms with Crippen molar-refractivity contribution in [1.82, 2.24) is 14.5 Å². The quantitative estimate of drug-likeness (QED) is 0.512. The van der Waals surface area contributed by atoms with E-state index in [0.717, 1.165) is 31.2 Å². The van der Waals surface area contributed by atoms with Gasteiger partial charge in [0.2, 0.25) is 17.8 Å². The predicted molar refractivity (Wildman–Crippen MR) is 125 cm³/mol. The second-order valence-electron chi connectivity index (χ2n) is 8.77. The number of hydrogen-bond acceptors (Lipinski definition) is 3. The van der Waals surface area contributed by atoms with Crippen LogP contribution in [0, 0.1) is 17.7 Å². The van der Waals surface area contributed by atoms with E-state index in [2.05, 4.69) is 10.3 Å². The van der Waals surface area contributed by atoms with Crippen molar-refractivity contribution in [3.8, 4) is 16.9 Å². The molecular formula is C25H24ClFN4O2. The molecule has 5 rings (SSSR count). The zero-order valence-corrected chi connectivity index (χ0v) is 18.8. The van der Waals surface area contributed by atoms with Crippen LogP contribution in [0.15, 0.2) is 54.7 Å². The van der Waals surface area contributed by atoms with Gasteiger partial charge < -0.3 is 4.90 Å². The van der Waals surface area contributed by atoms with E-state index >= 15 is 0 Å². The van der Waals surface area contributed by atoms with Gasteiger partial charge in [-0.05, 0) is 49.8 Å². The lowest BCUT2D eigenvalue weighted by atomic mass is 10.2. The number of nitrogens with zero attached hydrogens (tertiary/aromatic N) is 3. The van der Waals surface area contributed by atoms with Crippen molar-refractivity contribution in [3.63, 3.8) is 0 Å². The summed E-state index contributed by atoms with van der Waals surface area (Å²) >= 11 is 6.00. The van der Waals surface area contributed by atoms with Crippen LogP contribution >= 0.6 is 11.6 Å². The van der Waals surface area contributed by atoms with E-state index in [1.807, 2.05) is 30.3 Å². The van der Waals surface area contributed by atoms with Gasteiger partial charge in [0.25, 0.3) is 0 Å². The third kappa shape index (κ3) is 5.09. The molecule has 8 heteroatoms. The van der Waals surface area contributed by atoms with Gasteiger partial charge in [-0.15, -0.1) is 0 Å². The fraction of sp³-hybridized carbons (Fsp3) is 0.320. The highest BCUT2D eigenvalue weighted by atomic mass is 35.5. The summed E-state index contributed by atoms with van der Waals surface area (Å²) in [6.07, 6.45) is 5.78. The van der Waals surface area contributed by atoms with Gasteiger partial charge in [0.15, 0.2) is 0 Å². The molecule has 3 aromatic rings. The lowest BCUT2D eigenvalue weighted by Gasteiger charge is -2.22. The van der Waals surface area contributed by atoms with Gasteiger partial charge >= 0.3 is 0 Å². The zero-order valence-electron chi connectivity index (χ0n) is 18.0. The Labute approximate surface area is 196 Å². The van der Waals surface area contributed by atoms with Crippen molar-refractivity contribution in [2.24, 2.45) is 11.8 Å². The minimum atomic E-state index is -0.524. The fourth-order valence-electron chi connectivity index (χ4n) is 3.82. The molecule has 2 aliphatic rings. The number of carbonyl (C=O) groups is 2. The van der Waals surface area contributed by atoms with Crippen molar-refractivity contribution < 1.29 is 14.0 Å². The van der Waals surface area contributed by atoms with Gasteiger partial charge in [0, 0.05) is 24.2 Å². The number of benzene rings is 2. The van der Waals surface area contributed by atoms with E-state index in [1.165, 1.54) is 12.1 Å². The molecule has 6 nitrogen and oxygen atoms in total. The molecule has 0 aliphatic heterocycles. The van der Waals surface area contributed by atoms with Crippen LogP contribution < -0.4 is 5.32 Å². The van der Waals surface area contributed by atoms with Gasteiger partial charge in [-0.3, -0.25) is 19.5 Å². The highest BCUT2D eigenvalue weighted by molar-refractivity contribution is 6.30. The average Bonchev–Trinajstić information content (AvgIpc) is 3.74. The van der Waals surface area contributed by atoms with E-state index in [-0.39, 0.29) is 35.2 Å². The Kier molecular flexibility index (Phi) is 5.89. The Morgan fingerprint density at radius 2 is 1.88 bits per heavy atom. The van der Waals surface area contributed by atoms with E-state index in [0.29, 0.717) is 23.8 Å². The largest absolute Gasteiger partial charge is 0.333 e. The number of carbonyl (C=O) groups excluding carboxylic acids is 2. The first-order valence-corrected chi connectivity index (χ1v) is 11.5. The highest BCUT2D eigenvalue weighted by Gasteiger charge is 2.36. The average molecular weight is 467 g/mol. The SMILES string of the molecule is O=C(CN(CC1CC1)C(=O)C1CC1)Nc1nc(-c2ccccc2)cn1-c1ccc(F)c(Cl)c1. The van der Waals surface area contributed by atoms with Gasteiger partial charge in [-0.25, -0.2) is 9.37 Å². The van der Waals surface area contributed by atoms with Gasteiger partial charge in [-0.1, -0.05) is 41.9 Å². The summed E-state index contributed by atoms with van der Waals surface area (Å²) in [4.78, 5) is 32.0. The molecule has 2 saturated carbocycles. The molecule has 0 bridgehead atoms. The van der Waals surface area contributed by atoms with Crippen LogP contribution in [0.4, 0.5) is 10.3 Å². The van der Waals surface area contributed by atoms with Crippen molar-refractivity contribution in [2.45, 2.75) is 25.7 Å².